The van der Waals surface area contributed by atoms with Crippen LogP contribution in [-0.2, 0) is 16.6 Å². The molecule has 0 atom stereocenters. The van der Waals surface area contributed by atoms with E-state index in [-0.39, 0.29) is 11.3 Å². The first-order valence-corrected chi connectivity index (χ1v) is 6.73. The summed E-state index contributed by atoms with van der Waals surface area (Å²) >= 11 is 5.73. The van der Waals surface area contributed by atoms with E-state index in [0.717, 1.165) is 11.3 Å². The molecule has 0 aromatic heterocycles. The molecule has 1 aromatic rings. The normalized spacial score (nSPS) is 15.1. The lowest BCUT2D eigenvalue weighted by molar-refractivity contribution is -0.117. The van der Waals surface area contributed by atoms with Gasteiger partial charge in [0, 0.05) is 30.1 Å². The van der Waals surface area contributed by atoms with E-state index < -0.39 is 0 Å². The van der Waals surface area contributed by atoms with Crippen LogP contribution in [0, 0.1) is 0 Å². The highest BCUT2D eigenvalue weighted by atomic mass is 35.5. The van der Waals surface area contributed by atoms with E-state index in [1.54, 1.807) is 4.90 Å². The predicted octanol–water partition coefficient (Wildman–Crippen LogP) is 2.05. The Kier molecular flexibility index (Phi) is 3.64. The van der Waals surface area contributed by atoms with E-state index in [1.165, 1.54) is 5.56 Å². The van der Waals surface area contributed by atoms with Gasteiger partial charge >= 0.3 is 0 Å². The Bertz CT molecular complexity index is 471. The Hall–Kier alpha value is -1.06. The molecule has 0 radical (unpaired) electrons. The molecule has 0 aliphatic carbocycles. The van der Waals surface area contributed by atoms with E-state index in [1.807, 2.05) is 6.07 Å². The van der Waals surface area contributed by atoms with Gasteiger partial charge in [0.1, 0.15) is 0 Å². The summed E-state index contributed by atoms with van der Waals surface area (Å²) in [5.74, 6) is 0.592. The maximum absolute atomic E-state index is 11.9. The molecule has 1 aliphatic rings. The Morgan fingerprint density at radius 2 is 2.17 bits per heavy atom. The minimum atomic E-state index is -0.0576. The van der Waals surface area contributed by atoms with Crippen molar-refractivity contribution >= 4 is 23.2 Å². The zero-order valence-electron chi connectivity index (χ0n) is 10.9. The van der Waals surface area contributed by atoms with Crippen molar-refractivity contribution in [1.82, 2.24) is 0 Å². The number of fused-ring (bicyclic) bond motifs is 1. The smallest absolute Gasteiger partial charge is 0.231 e. The van der Waals surface area contributed by atoms with E-state index in [9.17, 15) is 4.79 Å². The first-order chi connectivity index (χ1) is 8.49. The molecule has 4 heteroatoms. The van der Waals surface area contributed by atoms with Crippen LogP contribution in [0.25, 0.3) is 0 Å². The number of nitrogens with two attached hydrogens (primary N) is 1. The zero-order chi connectivity index (χ0) is 13.3. The first kappa shape index (κ1) is 13.4. The molecule has 0 saturated carbocycles. The van der Waals surface area contributed by atoms with Gasteiger partial charge in [-0.25, -0.2) is 0 Å². The number of alkyl halides is 1. The van der Waals surface area contributed by atoms with Crippen LogP contribution in [0.2, 0.25) is 0 Å². The van der Waals surface area contributed by atoms with Crippen LogP contribution >= 0.6 is 11.6 Å². The van der Waals surface area contributed by atoms with Gasteiger partial charge in [0.25, 0.3) is 0 Å². The van der Waals surface area contributed by atoms with Crippen molar-refractivity contribution in [2.45, 2.75) is 25.7 Å². The summed E-state index contributed by atoms with van der Waals surface area (Å²) in [7, 11) is 0. The van der Waals surface area contributed by atoms with Crippen molar-refractivity contribution in [3.63, 3.8) is 0 Å². The molecule has 2 N–H and O–H groups in total. The number of anilines is 1. The van der Waals surface area contributed by atoms with Crippen LogP contribution in [0.4, 0.5) is 5.69 Å². The van der Waals surface area contributed by atoms with Crippen LogP contribution in [-0.4, -0.2) is 24.9 Å². The van der Waals surface area contributed by atoms with Gasteiger partial charge in [-0.05, 0) is 17.2 Å². The fraction of sp³-hybridized carbons (Fsp3) is 0.500. The molecule has 3 nitrogen and oxygen atoms in total. The van der Waals surface area contributed by atoms with Crippen molar-refractivity contribution in [3.8, 4) is 0 Å². The Morgan fingerprint density at radius 1 is 1.44 bits per heavy atom. The summed E-state index contributed by atoms with van der Waals surface area (Å²) in [5.41, 5.74) is 9.00. The van der Waals surface area contributed by atoms with Crippen molar-refractivity contribution in [2.24, 2.45) is 5.73 Å². The Balaban J connectivity index is 2.36. The number of hydrogen-bond acceptors (Lipinski definition) is 2. The Morgan fingerprint density at radius 3 is 2.78 bits per heavy atom. The van der Waals surface area contributed by atoms with Crippen molar-refractivity contribution in [1.29, 1.82) is 0 Å². The van der Waals surface area contributed by atoms with Gasteiger partial charge in [-0.3, -0.25) is 4.79 Å². The van der Waals surface area contributed by atoms with Crippen LogP contribution in [0.5, 0.6) is 0 Å². The molecule has 1 aromatic carbocycles. The number of amides is 1. The number of halogens is 1. The second-order valence-electron chi connectivity index (χ2n) is 5.34. The van der Waals surface area contributed by atoms with Gasteiger partial charge in [-0.2, -0.15) is 0 Å². The molecule has 0 fully saturated rings. The van der Waals surface area contributed by atoms with Gasteiger partial charge < -0.3 is 10.6 Å². The number of hydrogen-bond donors (Lipinski definition) is 1. The maximum atomic E-state index is 11.9. The molecule has 0 bridgehead atoms. The molecule has 0 spiro atoms. The fourth-order valence-electron chi connectivity index (χ4n) is 2.25. The third-order valence-corrected chi connectivity index (χ3v) is 3.78. The highest BCUT2D eigenvalue weighted by Crippen LogP contribution is 2.33. The van der Waals surface area contributed by atoms with Crippen LogP contribution in [0.3, 0.4) is 0 Å². The standard InChI is InChI=1S/C14H19ClN2O/c1-14(2,9-16)11-3-4-12-10(7-11)8-13(18)17(12)6-5-15/h3-4,7H,5-6,8-9,16H2,1-2H3. The van der Waals surface area contributed by atoms with Crippen molar-refractivity contribution in [2.75, 3.05) is 23.9 Å². The van der Waals surface area contributed by atoms with Gasteiger partial charge in [0.05, 0.1) is 6.42 Å². The molecule has 1 aliphatic heterocycles. The van der Waals surface area contributed by atoms with Crippen molar-refractivity contribution < 1.29 is 4.79 Å². The molecular formula is C14H19ClN2O. The molecule has 0 saturated heterocycles. The Labute approximate surface area is 113 Å². The lowest BCUT2D eigenvalue weighted by Crippen LogP contribution is -2.29. The van der Waals surface area contributed by atoms with Gasteiger partial charge in [-0.1, -0.05) is 26.0 Å². The van der Waals surface area contributed by atoms with E-state index >= 15 is 0 Å². The monoisotopic (exact) mass is 266 g/mol. The SMILES string of the molecule is CC(C)(CN)c1ccc2c(c1)CC(=O)N2CCCl. The third kappa shape index (κ3) is 2.25. The highest BCUT2D eigenvalue weighted by Gasteiger charge is 2.28. The molecule has 18 heavy (non-hydrogen) atoms. The summed E-state index contributed by atoms with van der Waals surface area (Å²) in [5, 5.41) is 0. The fourth-order valence-corrected chi connectivity index (χ4v) is 2.42. The van der Waals surface area contributed by atoms with Crippen LogP contribution in [0.15, 0.2) is 18.2 Å². The summed E-state index contributed by atoms with van der Waals surface area (Å²) in [6.07, 6.45) is 0.473. The summed E-state index contributed by atoms with van der Waals surface area (Å²) < 4.78 is 0. The first-order valence-electron chi connectivity index (χ1n) is 6.19. The minimum absolute atomic E-state index is 0.0576. The molecule has 98 valence electrons. The van der Waals surface area contributed by atoms with Crippen LogP contribution < -0.4 is 10.6 Å². The average molecular weight is 267 g/mol. The van der Waals surface area contributed by atoms with Gasteiger partial charge in [0.2, 0.25) is 5.91 Å². The summed E-state index contributed by atoms with van der Waals surface area (Å²) in [6, 6.07) is 6.18. The minimum Gasteiger partial charge on any atom is -0.330 e. The van der Waals surface area contributed by atoms with Crippen molar-refractivity contribution in [3.05, 3.63) is 29.3 Å². The molecule has 0 unspecified atom stereocenters. The number of carbonyl (C=O) groups excluding carboxylic acids is 1. The average Bonchev–Trinajstić information content (AvgIpc) is 2.66. The zero-order valence-corrected chi connectivity index (χ0v) is 11.6. The van der Waals surface area contributed by atoms with E-state index in [0.29, 0.717) is 25.4 Å². The molecular weight excluding hydrogens is 248 g/mol. The second kappa shape index (κ2) is 4.90. The number of benzene rings is 1. The number of nitrogens with zero attached hydrogens (tertiary/aromatic N) is 1. The second-order valence-corrected chi connectivity index (χ2v) is 5.72. The number of carbonyl (C=O) groups is 1. The van der Waals surface area contributed by atoms with Crippen LogP contribution in [0.1, 0.15) is 25.0 Å². The largest absolute Gasteiger partial charge is 0.330 e. The highest BCUT2D eigenvalue weighted by molar-refractivity contribution is 6.18. The lowest BCUT2D eigenvalue weighted by Gasteiger charge is -2.24. The van der Waals surface area contributed by atoms with E-state index in [2.05, 4.69) is 26.0 Å². The summed E-state index contributed by atoms with van der Waals surface area (Å²) in [4.78, 5) is 13.7. The van der Waals surface area contributed by atoms with Gasteiger partial charge in [-0.15, -0.1) is 11.6 Å². The predicted molar refractivity (Wildman–Crippen MR) is 75.3 cm³/mol. The third-order valence-electron chi connectivity index (χ3n) is 3.61. The summed E-state index contributed by atoms with van der Waals surface area (Å²) in [6.45, 7) is 5.39. The van der Waals surface area contributed by atoms with E-state index in [4.69, 9.17) is 17.3 Å². The number of rotatable bonds is 4. The van der Waals surface area contributed by atoms with Gasteiger partial charge in [0.15, 0.2) is 0 Å². The molecule has 1 amide bonds. The lowest BCUT2D eigenvalue weighted by atomic mass is 9.84. The topological polar surface area (TPSA) is 46.3 Å². The molecule has 2 rings (SSSR count). The maximum Gasteiger partial charge on any atom is 0.231 e. The quantitative estimate of drug-likeness (QED) is 0.848. The molecule has 1 heterocycles.